The molecule has 0 amide bonds. The molecule has 34 valence electrons. The van der Waals surface area contributed by atoms with Gasteiger partial charge in [0.2, 0.25) is 0 Å². The summed E-state index contributed by atoms with van der Waals surface area (Å²) in [6.07, 6.45) is 0.750. The fourth-order valence-electron chi connectivity index (χ4n) is 0. The first-order chi connectivity index (χ1) is 1.41. The van der Waals surface area contributed by atoms with Gasteiger partial charge in [-0.1, -0.05) is 0 Å². The molecule has 0 aromatic carbocycles. The maximum Gasteiger partial charge on any atom is 0.0765 e. The number of halogens is 1. The summed E-state index contributed by atoms with van der Waals surface area (Å²) in [5, 5.41) is 5.86. The molecule has 0 fully saturated rings. The number of hydrogen-bond acceptors (Lipinski definition) is 2. The Labute approximate surface area is 41.4 Å². The van der Waals surface area contributed by atoms with E-state index in [1.165, 1.54) is 0 Å². The van der Waals surface area contributed by atoms with Gasteiger partial charge in [0.15, 0.2) is 0 Å². The van der Waals surface area contributed by atoms with Crippen molar-refractivity contribution in [3.63, 3.8) is 0 Å². The molecule has 0 heterocycles. The first kappa shape index (κ1) is 20.6. The van der Waals surface area contributed by atoms with Gasteiger partial charge in [-0.05, 0) is 0 Å². The molecule has 0 saturated heterocycles. The fraction of sp³-hybridized carbons (Fsp3) is 0. The number of rotatable bonds is 0. The van der Waals surface area contributed by atoms with E-state index in [9.17, 15) is 0 Å². The molecule has 0 unspecified atom stereocenters. The molecule has 0 rings (SSSR count). The van der Waals surface area contributed by atoms with Crippen LogP contribution in [0.1, 0.15) is 0 Å². The molecule has 0 aliphatic rings. The summed E-state index contributed by atoms with van der Waals surface area (Å²) in [7, 11) is 0. The second-order valence-electron chi connectivity index (χ2n) is 0.167. The zero-order chi connectivity index (χ0) is 2.71. The normalized spacial score (nSPS) is 2.40. The van der Waals surface area contributed by atoms with Gasteiger partial charge in [0, 0.05) is 0 Å². The van der Waals surface area contributed by atoms with E-state index >= 15 is 0 Å². The average Bonchev–Trinajstić information content (AvgIpc) is 0.918. The third-order valence-corrected chi connectivity index (χ3v) is 0. The third kappa shape index (κ3) is 1760. The van der Waals surface area contributed by atoms with Gasteiger partial charge in [-0.25, -0.2) is 0 Å². The molecule has 0 saturated carbocycles. The van der Waals surface area contributed by atoms with Gasteiger partial charge in [-0.2, -0.15) is 0 Å². The maximum absolute atomic E-state index is 5.86. The summed E-state index contributed by atoms with van der Waals surface area (Å²) in [6.45, 7) is 0. The third-order valence-electron chi connectivity index (χ3n) is 0. The van der Waals surface area contributed by atoms with Crippen molar-refractivity contribution in [3.8, 4) is 0 Å². The highest BCUT2D eigenvalue weighted by molar-refractivity contribution is 8.93. The predicted octanol–water partition coefficient (Wildman–Crippen LogP) is 0.292. The van der Waals surface area contributed by atoms with E-state index in [0.717, 1.165) is 6.34 Å². The van der Waals surface area contributed by atoms with E-state index in [-0.39, 0.29) is 23.1 Å². The Hall–Kier alpha value is -0.0900. The van der Waals surface area contributed by atoms with Crippen LogP contribution in [0.3, 0.4) is 0 Å². The lowest BCUT2D eigenvalue weighted by molar-refractivity contribution is 1.52. The summed E-state index contributed by atoms with van der Waals surface area (Å²) >= 11 is 0. The second kappa shape index (κ2) is 40.0. The molecule has 0 bridgehead atoms. The van der Waals surface area contributed by atoms with Crippen LogP contribution in [-0.4, -0.2) is 6.34 Å². The van der Waals surface area contributed by atoms with Crippen LogP contribution in [0.2, 0.25) is 0 Å². The van der Waals surface area contributed by atoms with E-state index in [1.54, 1.807) is 0 Å². The summed E-state index contributed by atoms with van der Waals surface area (Å²) in [5.41, 5.74) is 4.39. The largest absolute Gasteiger partial charge is 0.390 e. The summed E-state index contributed by atoms with van der Waals surface area (Å²) < 4.78 is 0. The van der Waals surface area contributed by atoms with Gasteiger partial charge in [-0.3, -0.25) is 5.41 Å². The Morgan fingerprint density at radius 3 is 1.60 bits per heavy atom. The lowest BCUT2D eigenvalue weighted by Gasteiger charge is -1.38. The first-order valence-electron chi connectivity index (χ1n) is 0.622. The van der Waals surface area contributed by atoms with Crippen LogP contribution in [-0.2, 0) is 0 Å². The van der Waals surface area contributed by atoms with E-state index in [4.69, 9.17) is 5.41 Å². The molecular formula is CH8BrN3. The number of nitrogens with one attached hydrogen (secondary N) is 1. The molecule has 0 atom stereocenters. The van der Waals surface area contributed by atoms with Crippen LogP contribution < -0.4 is 11.9 Å². The monoisotopic (exact) mass is 141 g/mol. The highest BCUT2D eigenvalue weighted by Gasteiger charge is 1.10. The van der Waals surface area contributed by atoms with Crippen molar-refractivity contribution in [2.45, 2.75) is 0 Å². The maximum atomic E-state index is 5.86. The molecule has 6 N–H and O–H groups in total. The Morgan fingerprint density at radius 2 is 1.60 bits per heavy atom. The minimum Gasteiger partial charge on any atom is -0.390 e. The smallest absolute Gasteiger partial charge is 0.0765 e. The number of nitrogens with two attached hydrogens (primary N) is 1. The summed E-state index contributed by atoms with van der Waals surface area (Å²) in [6, 6.07) is 0. The summed E-state index contributed by atoms with van der Waals surface area (Å²) in [5.74, 6) is 0. The van der Waals surface area contributed by atoms with Gasteiger partial charge in [0.25, 0.3) is 0 Å². The fourth-order valence-corrected chi connectivity index (χ4v) is 0. The van der Waals surface area contributed by atoms with E-state index < -0.39 is 0 Å². The van der Waals surface area contributed by atoms with Gasteiger partial charge < -0.3 is 11.9 Å². The molecule has 0 spiro atoms. The predicted molar refractivity (Wildman–Crippen MR) is 28.3 cm³/mol. The van der Waals surface area contributed by atoms with Crippen LogP contribution in [0.4, 0.5) is 0 Å². The first-order valence-corrected chi connectivity index (χ1v) is 0.622. The summed E-state index contributed by atoms with van der Waals surface area (Å²) in [4.78, 5) is 0. The average molecular weight is 142 g/mol. The minimum absolute atomic E-state index is 0. The zero-order valence-corrected chi connectivity index (χ0v) is 4.48. The lowest BCUT2D eigenvalue weighted by atomic mass is 11.4. The van der Waals surface area contributed by atoms with Gasteiger partial charge >= 0.3 is 0 Å². The topological polar surface area (TPSA) is 84.9 Å². The quantitative estimate of drug-likeness (QED) is 0.335. The highest BCUT2D eigenvalue weighted by atomic mass is 79.9. The van der Waals surface area contributed by atoms with Crippen molar-refractivity contribution in [3.05, 3.63) is 0 Å². The molecule has 0 radical (unpaired) electrons. The van der Waals surface area contributed by atoms with Gasteiger partial charge in [-0.15, -0.1) is 17.0 Å². The van der Waals surface area contributed by atoms with Crippen molar-refractivity contribution >= 4 is 23.3 Å². The van der Waals surface area contributed by atoms with Crippen molar-refractivity contribution < 1.29 is 0 Å². The molecule has 3 nitrogen and oxygen atoms in total. The van der Waals surface area contributed by atoms with Crippen LogP contribution in [0.25, 0.3) is 0 Å². The lowest BCUT2D eigenvalue weighted by Crippen LogP contribution is -1.81. The Balaban J connectivity index is -0.0000000200. The highest BCUT2D eigenvalue weighted by Crippen LogP contribution is 0.879. The van der Waals surface area contributed by atoms with Crippen LogP contribution in [0.5, 0.6) is 0 Å². The van der Waals surface area contributed by atoms with Crippen molar-refractivity contribution in [2.75, 3.05) is 0 Å². The standard InChI is InChI=1S/CH4N2.BrH.H3N/c2-1-3;;/h1H,(H3,2,3);1H;1H3. The van der Waals surface area contributed by atoms with E-state index in [0.29, 0.717) is 0 Å². The van der Waals surface area contributed by atoms with Crippen LogP contribution in [0, 0.1) is 5.41 Å². The van der Waals surface area contributed by atoms with Gasteiger partial charge in [0.1, 0.15) is 0 Å². The Kier molecular flexibility index (Phi) is 165. The second-order valence-corrected chi connectivity index (χ2v) is 0.167. The molecule has 0 aliphatic heterocycles. The molecule has 4 heteroatoms. The van der Waals surface area contributed by atoms with Crippen LogP contribution in [0.15, 0.2) is 0 Å². The molecule has 0 aliphatic carbocycles. The van der Waals surface area contributed by atoms with Crippen molar-refractivity contribution in [1.29, 1.82) is 5.41 Å². The van der Waals surface area contributed by atoms with Crippen LogP contribution >= 0.6 is 17.0 Å². The minimum atomic E-state index is 0. The molecular weight excluding hydrogens is 134 g/mol. The van der Waals surface area contributed by atoms with Crippen molar-refractivity contribution in [2.24, 2.45) is 5.73 Å². The number of hydrogen-bond donors (Lipinski definition) is 3. The van der Waals surface area contributed by atoms with E-state index in [1.807, 2.05) is 0 Å². The molecule has 0 aromatic heterocycles. The molecule has 5 heavy (non-hydrogen) atoms. The molecule has 0 aromatic rings. The Bertz CT molecular complexity index is 14.4. The van der Waals surface area contributed by atoms with Gasteiger partial charge in [0.05, 0.1) is 6.34 Å². The zero-order valence-electron chi connectivity index (χ0n) is 2.77. The Morgan fingerprint density at radius 1 is 1.60 bits per heavy atom. The van der Waals surface area contributed by atoms with E-state index in [2.05, 4.69) is 5.73 Å². The van der Waals surface area contributed by atoms with Crippen molar-refractivity contribution in [1.82, 2.24) is 6.15 Å². The SMILES string of the molecule is Br.N.N=CN.